The van der Waals surface area contributed by atoms with Crippen molar-refractivity contribution in [3.8, 4) is 0 Å². The van der Waals surface area contributed by atoms with Gasteiger partial charge in [0.25, 0.3) is 5.91 Å². The first kappa shape index (κ1) is 14.3. The van der Waals surface area contributed by atoms with Crippen LogP contribution in [0, 0.1) is 5.82 Å². The Labute approximate surface area is 117 Å². The third kappa shape index (κ3) is 4.48. The number of carbonyl (C=O) groups is 1. The average molecular weight is 286 g/mol. The molecule has 0 saturated carbocycles. The van der Waals surface area contributed by atoms with E-state index in [4.69, 9.17) is 16.3 Å². The van der Waals surface area contributed by atoms with E-state index in [1.807, 2.05) is 0 Å². The molecule has 1 aromatic carbocycles. The van der Waals surface area contributed by atoms with Crippen molar-refractivity contribution >= 4 is 17.5 Å². The summed E-state index contributed by atoms with van der Waals surface area (Å²) < 4.78 is 18.7. The van der Waals surface area contributed by atoms with E-state index in [1.165, 1.54) is 24.6 Å². The summed E-state index contributed by atoms with van der Waals surface area (Å²) in [7, 11) is 0. The van der Waals surface area contributed by atoms with Gasteiger partial charge in [0, 0.05) is 23.7 Å². The fourth-order valence-electron chi connectivity index (χ4n) is 2.17. The second kappa shape index (κ2) is 6.87. The highest BCUT2D eigenvalue weighted by Gasteiger charge is 2.14. The maximum Gasteiger partial charge on any atom is 0.251 e. The Bertz CT molecular complexity index is 427. The number of benzene rings is 1. The van der Waals surface area contributed by atoms with Gasteiger partial charge in [-0.1, -0.05) is 11.6 Å². The van der Waals surface area contributed by atoms with Crippen LogP contribution in [0.15, 0.2) is 18.2 Å². The number of ether oxygens (including phenoxy) is 1. The third-order valence-corrected chi connectivity index (χ3v) is 3.37. The van der Waals surface area contributed by atoms with Crippen molar-refractivity contribution in [1.82, 2.24) is 5.32 Å². The molecule has 0 bridgehead atoms. The van der Waals surface area contributed by atoms with Crippen LogP contribution >= 0.6 is 11.6 Å². The Morgan fingerprint density at radius 1 is 1.42 bits per heavy atom. The fourth-order valence-corrected chi connectivity index (χ4v) is 2.39. The lowest BCUT2D eigenvalue weighted by Crippen LogP contribution is -2.29. The minimum atomic E-state index is -0.506. The van der Waals surface area contributed by atoms with E-state index in [0.29, 0.717) is 6.54 Å². The number of hydrogen-bond donors (Lipinski definition) is 1. The molecule has 1 aliphatic heterocycles. The maximum absolute atomic E-state index is 13.1. The molecule has 2 rings (SSSR count). The van der Waals surface area contributed by atoms with E-state index in [0.717, 1.165) is 25.9 Å². The van der Waals surface area contributed by atoms with Crippen LogP contribution in [0.3, 0.4) is 0 Å². The molecule has 0 unspecified atom stereocenters. The van der Waals surface area contributed by atoms with Crippen molar-refractivity contribution in [3.63, 3.8) is 0 Å². The first-order valence-corrected chi connectivity index (χ1v) is 6.89. The summed E-state index contributed by atoms with van der Waals surface area (Å²) in [5, 5.41) is 2.98. The first-order chi connectivity index (χ1) is 9.15. The van der Waals surface area contributed by atoms with E-state index < -0.39 is 5.82 Å². The molecule has 0 radical (unpaired) electrons. The summed E-state index contributed by atoms with van der Waals surface area (Å²) in [4.78, 5) is 11.8. The molecule has 0 aliphatic carbocycles. The summed E-state index contributed by atoms with van der Waals surface area (Å²) >= 11 is 5.71. The van der Waals surface area contributed by atoms with Crippen molar-refractivity contribution in [3.05, 3.63) is 34.6 Å². The van der Waals surface area contributed by atoms with Crippen molar-refractivity contribution in [1.29, 1.82) is 0 Å². The van der Waals surface area contributed by atoms with Gasteiger partial charge in [0.05, 0.1) is 6.10 Å². The average Bonchev–Trinajstić information content (AvgIpc) is 2.38. The molecule has 3 nitrogen and oxygen atoms in total. The number of nitrogens with one attached hydrogen (secondary N) is 1. The Balaban J connectivity index is 1.80. The van der Waals surface area contributed by atoms with Crippen LogP contribution in [-0.4, -0.2) is 25.2 Å². The molecule has 1 atom stereocenters. The van der Waals surface area contributed by atoms with Crippen LogP contribution in [0.25, 0.3) is 0 Å². The SMILES string of the molecule is O=C(NCC[C@H]1CCCCO1)c1cc(F)cc(Cl)c1. The van der Waals surface area contributed by atoms with Crippen LogP contribution < -0.4 is 5.32 Å². The van der Waals surface area contributed by atoms with Crippen LogP contribution in [0.1, 0.15) is 36.0 Å². The smallest absolute Gasteiger partial charge is 0.251 e. The lowest BCUT2D eigenvalue weighted by molar-refractivity contribution is 0.0117. The summed E-state index contributed by atoms with van der Waals surface area (Å²) in [6, 6.07) is 3.81. The lowest BCUT2D eigenvalue weighted by atomic mass is 10.1. The van der Waals surface area contributed by atoms with Crippen LogP contribution in [-0.2, 0) is 4.74 Å². The Morgan fingerprint density at radius 2 is 2.26 bits per heavy atom. The highest BCUT2D eigenvalue weighted by molar-refractivity contribution is 6.31. The quantitative estimate of drug-likeness (QED) is 0.923. The number of carbonyl (C=O) groups excluding carboxylic acids is 1. The standard InChI is InChI=1S/C14H17ClFNO2/c15-11-7-10(8-12(16)9-11)14(18)17-5-4-13-3-1-2-6-19-13/h7-9,13H,1-6H2,(H,17,18)/t13-/m1/s1. The lowest BCUT2D eigenvalue weighted by Gasteiger charge is -2.22. The predicted octanol–water partition coefficient (Wildman–Crippen LogP) is 3.17. The highest BCUT2D eigenvalue weighted by Crippen LogP contribution is 2.16. The van der Waals surface area contributed by atoms with Gasteiger partial charge in [-0.3, -0.25) is 4.79 Å². The molecule has 1 amide bonds. The van der Waals surface area contributed by atoms with Crippen LogP contribution in [0.2, 0.25) is 5.02 Å². The predicted molar refractivity (Wildman–Crippen MR) is 72.0 cm³/mol. The van der Waals surface area contributed by atoms with Crippen molar-refractivity contribution in [2.24, 2.45) is 0 Å². The molecule has 5 heteroatoms. The topological polar surface area (TPSA) is 38.3 Å². The highest BCUT2D eigenvalue weighted by atomic mass is 35.5. The Kier molecular flexibility index (Phi) is 5.16. The molecule has 104 valence electrons. The molecule has 1 aromatic rings. The zero-order valence-corrected chi connectivity index (χ0v) is 11.4. The minimum Gasteiger partial charge on any atom is -0.378 e. The number of rotatable bonds is 4. The number of halogens is 2. The van der Waals surface area contributed by atoms with Gasteiger partial charge in [-0.2, -0.15) is 0 Å². The summed E-state index contributed by atoms with van der Waals surface area (Å²) in [6.45, 7) is 1.33. The van der Waals surface area contributed by atoms with E-state index in [-0.39, 0.29) is 22.6 Å². The zero-order valence-electron chi connectivity index (χ0n) is 10.6. The molecule has 1 heterocycles. The first-order valence-electron chi connectivity index (χ1n) is 6.51. The van der Waals surface area contributed by atoms with Gasteiger partial charge in [0.1, 0.15) is 5.82 Å². The summed E-state index contributed by atoms with van der Waals surface area (Å²) in [6.07, 6.45) is 4.35. The molecule has 0 aromatic heterocycles. The van der Waals surface area contributed by atoms with Gasteiger partial charge in [0.15, 0.2) is 0 Å². The second-order valence-electron chi connectivity index (χ2n) is 4.69. The molecule has 1 saturated heterocycles. The van der Waals surface area contributed by atoms with Crippen molar-refractivity contribution in [2.45, 2.75) is 31.8 Å². The molecule has 0 spiro atoms. The van der Waals surface area contributed by atoms with Crippen LogP contribution in [0.4, 0.5) is 4.39 Å². The van der Waals surface area contributed by atoms with Gasteiger partial charge in [-0.05, 0) is 43.9 Å². The number of amides is 1. The molecular weight excluding hydrogens is 269 g/mol. The van der Waals surface area contributed by atoms with E-state index >= 15 is 0 Å². The minimum absolute atomic E-state index is 0.223. The molecule has 1 fully saturated rings. The number of hydrogen-bond acceptors (Lipinski definition) is 2. The molecule has 1 aliphatic rings. The largest absolute Gasteiger partial charge is 0.378 e. The van der Waals surface area contributed by atoms with Crippen molar-refractivity contribution in [2.75, 3.05) is 13.2 Å². The van der Waals surface area contributed by atoms with Gasteiger partial charge in [-0.25, -0.2) is 4.39 Å². The molecule has 1 N–H and O–H groups in total. The second-order valence-corrected chi connectivity index (χ2v) is 5.13. The van der Waals surface area contributed by atoms with Crippen molar-refractivity contribution < 1.29 is 13.9 Å². The third-order valence-electron chi connectivity index (χ3n) is 3.15. The summed E-state index contributed by atoms with van der Waals surface area (Å²) in [5.74, 6) is -0.814. The van der Waals surface area contributed by atoms with Gasteiger partial charge < -0.3 is 10.1 Å². The van der Waals surface area contributed by atoms with E-state index in [2.05, 4.69) is 5.32 Å². The summed E-state index contributed by atoms with van der Waals surface area (Å²) in [5.41, 5.74) is 0.245. The molecule has 19 heavy (non-hydrogen) atoms. The van der Waals surface area contributed by atoms with E-state index in [9.17, 15) is 9.18 Å². The van der Waals surface area contributed by atoms with Gasteiger partial charge in [-0.15, -0.1) is 0 Å². The normalized spacial score (nSPS) is 19.2. The Hall–Kier alpha value is -1.13. The zero-order chi connectivity index (χ0) is 13.7. The van der Waals surface area contributed by atoms with Gasteiger partial charge >= 0.3 is 0 Å². The van der Waals surface area contributed by atoms with Gasteiger partial charge in [0.2, 0.25) is 0 Å². The Morgan fingerprint density at radius 3 is 2.95 bits per heavy atom. The fraction of sp³-hybridized carbons (Fsp3) is 0.500. The maximum atomic E-state index is 13.1. The van der Waals surface area contributed by atoms with Crippen LogP contribution in [0.5, 0.6) is 0 Å². The monoisotopic (exact) mass is 285 g/mol. The van der Waals surface area contributed by atoms with E-state index in [1.54, 1.807) is 0 Å². The molecular formula is C14H17ClFNO2.